The largest absolute Gasteiger partial charge is 0.493 e. The zero-order valence-electron chi connectivity index (χ0n) is 14.9. The number of terminal acetylenes is 1. The van der Waals surface area contributed by atoms with Crippen molar-refractivity contribution in [1.82, 2.24) is 0 Å². The highest BCUT2D eigenvalue weighted by atomic mass is 35.5. The summed E-state index contributed by atoms with van der Waals surface area (Å²) in [5, 5.41) is 12.6. The van der Waals surface area contributed by atoms with Crippen LogP contribution in [-0.4, -0.2) is 19.6 Å². The molecular formula is C21H17ClN2O3. The first-order valence-corrected chi connectivity index (χ1v) is 8.30. The molecule has 0 radical (unpaired) electrons. The maximum atomic E-state index is 12.5. The number of nitrogens with zero attached hydrogens (tertiary/aromatic N) is 1. The quantitative estimate of drug-likeness (QED) is 0.463. The molecule has 27 heavy (non-hydrogen) atoms. The molecule has 2 aromatic carbocycles. The lowest BCUT2D eigenvalue weighted by atomic mass is 10.1. The molecule has 0 unspecified atom stereocenters. The minimum Gasteiger partial charge on any atom is -0.493 e. The summed E-state index contributed by atoms with van der Waals surface area (Å²) in [7, 11) is 1.49. The van der Waals surface area contributed by atoms with E-state index in [1.165, 1.54) is 13.2 Å². The molecule has 1 amide bonds. The summed E-state index contributed by atoms with van der Waals surface area (Å²) < 4.78 is 10.6. The molecule has 5 nitrogen and oxygen atoms in total. The van der Waals surface area contributed by atoms with Crippen LogP contribution in [0.2, 0.25) is 5.02 Å². The maximum Gasteiger partial charge on any atom is 0.266 e. The third-order valence-electron chi connectivity index (χ3n) is 3.62. The van der Waals surface area contributed by atoms with Crippen LogP contribution >= 0.6 is 11.6 Å². The average molecular weight is 381 g/mol. The number of carbonyl (C=O) groups excluding carboxylic acids is 1. The van der Waals surface area contributed by atoms with Crippen LogP contribution in [-0.2, 0) is 4.79 Å². The predicted molar refractivity (Wildman–Crippen MR) is 106 cm³/mol. The molecule has 136 valence electrons. The topological polar surface area (TPSA) is 71.3 Å². The van der Waals surface area contributed by atoms with Crippen molar-refractivity contribution in [2.24, 2.45) is 0 Å². The third kappa shape index (κ3) is 5.28. The molecular weight excluding hydrogens is 364 g/mol. The van der Waals surface area contributed by atoms with Crippen molar-refractivity contribution >= 4 is 29.3 Å². The van der Waals surface area contributed by atoms with E-state index in [2.05, 4.69) is 11.2 Å². The van der Waals surface area contributed by atoms with Crippen molar-refractivity contribution < 1.29 is 14.3 Å². The number of benzene rings is 2. The zero-order valence-corrected chi connectivity index (χ0v) is 15.6. The first kappa shape index (κ1) is 19.9. The number of carbonyl (C=O) groups is 1. The fraction of sp³-hybridized carbons (Fsp3) is 0.143. The van der Waals surface area contributed by atoms with Crippen molar-refractivity contribution in [3.8, 4) is 29.9 Å². The van der Waals surface area contributed by atoms with Gasteiger partial charge >= 0.3 is 0 Å². The molecule has 0 spiro atoms. The van der Waals surface area contributed by atoms with Crippen LogP contribution in [0.3, 0.4) is 0 Å². The van der Waals surface area contributed by atoms with E-state index in [1.807, 2.05) is 13.0 Å². The Morgan fingerprint density at radius 1 is 1.30 bits per heavy atom. The van der Waals surface area contributed by atoms with Crippen LogP contribution < -0.4 is 14.8 Å². The van der Waals surface area contributed by atoms with E-state index in [1.54, 1.807) is 36.4 Å². The molecule has 0 fully saturated rings. The maximum absolute atomic E-state index is 12.5. The van der Waals surface area contributed by atoms with Gasteiger partial charge in [-0.2, -0.15) is 5.26 Å². The molecule has 0 bridgehead atoms. The van der Waals surface area contributed by atoms with Crippen LogP contribution in [0, 0.1) is 30.6 Å². The van der Waals surface area contributed by atoms with Gasteiger partial charge in [0.2, 0.25) is 0 Å². The summed E-state index contributed by atoms with van der Waals surface area (Å²) in [4.78, 5) is 12.5. The highest BCUT2D eigenvalue weighted by Gasteiger charge is 2.12. The van der Waals surface area contributed by atoms with Gasteiger partial charge in [0.25, 0.3) is 5.91 Å². The third-order valence-corrected chi connectivity index (χ3v) is 3.86. The fourth-order valence-electron chi connectivity index (χ4n) is 2.25. The van der Waals surface area contributed by atoms with Crippen molar-refractivity contribution in [3.05, 3.63) is 58.1 Å². The summed E-state index contributed by atoms with van der Waals surface area (Å²) in [6.45, 7) is 1.94. The smallest absolute Gasteiger partial charge is 0.266 e. The first-order valence-electron chi connectivity index (χ1n) is 7.92. The number of nitrogens with one attached hydrogen (secondary N) is 1. The minimum absolute atomic E-state index is 0.0614. The van der Waals surface area contributed by atoms with E-state index in [9.17, 15) is 10.1 Å². The minimum atomic E-state index is -0.533. The zero-order chi connectivity index (χ0) is 19.8. The van der Waals surface area contributed by atoms with Crippen LogP contribution in [0.15, 0.2) is 42.0 Å². The lowest BCUT2D eigenvalue weighted by Gasteiger charge is -2.10. The molecule has 1 N–H and O–H groups in total. The van der Waals surface area contributed by atoms with Gasteiger partial charge in [0, 0.05) is 10.7 Å². The number of rotatable bonds is 6. The first-order chi connectivity index (χ1) is 13.0. The van der Waals surface area contributed by atoms with Crippen LogP contribution in [0.4, 0.5) is 5.69 Å². The van der Waals surface area contributed by atoms with Gasteiger partial charge in [-0.15, -0.1) is 6.42 Å². The Morgan fingerprint density at radius 3 is 2.74 bits per heavy atom. The fourth-order valence-corrected chi connectivity index (χ4v) is 2.42. The van der Waals surface area contributed by atoms with Gasteiger partial charge in [-0.1, -0.05) is 29.7 Å². The van der Waals surface area contributed by atoms with Gasteiger partial charge in [-0.25, -0.2) is 0 Å². The van der Waals surface area contributed by atoms with Gasteiger partial charge < -0.3 is 14.8 Å². The molecule has 2 rings (SSSR count). The van der Waals surface area contributed by atoms with Gasteiger partial charge in [-0.05, 0) is 48.4 Å². The molecule has 0 aliphatic rings. The second-order valence-electron chi connectivity index (χ2n) is 5.49. The summed E-state index contributed by atoms with van der Waals surface area (Å²) in [5.74, 6) is 2.77. The van der Waals surface area contributed by atoms with E-state index in [4.69, 9.17) is 27.5 Å². The van der Waals surface area contributed by atoms with Gasteiger partial charge in [0.05, 0.1) is 7.11 Å². The monoisotopic (exact) mass is 380 g/mol. The molecule has 6 heteroatoms. The Balaban J connectivity index is 2.27. The van der Waals surface area contributed by atoms with Crippen LogP contribution in [0.25, 0.3) is 6.08 Å². The van der Waals surface area contributed by atoms with Gasteiger partial charge in [0.15, 0.2) is 11.5 Å². The Morgan fingerprint density at radius 2 is 2.07 bits per heavy atom. The number of ether oxygens (including phenoxy) is 2. The lowest BCUT2D eigenvalue weighted by Crippen LogP contribution is -2.14. The molecule has 0 heterocycles. The number of nitriles is 1. The molecule has 2 aromatic rings. The summed E-state index contributed by atoms with van der Waals surface area (Å²) in [6, 6.07) is 12.1. The predicted octanol–water partition coefficient (Wildman–Crippen LogP) is 4.21. The molecule has 0 atom stereocenters. The van der Waals surface area contributed by atoms with Crippen molar-refractivity contribution in [3.63, 3.8) is 0 Å². The number of hydrogen-bond acceptors (Lipinski definition) is 4. The van der Waals surface area contributed by atoms with E-state index >= 15 is 0 Å². The number of aryl methyl sites for hydroxylation is 1. The van der Waals surface area contributed by atoms with Crippen LogP contribution in [0.5, 0.6) is 11.5 Å². The van der Waals surface area contributed by atoms with Gasteiger partial charge in [0.1, 0.15) is 18.2 Å². The SMILES string of the molecule is C#CCOc1ccc(/C=C(\C#N)C(=O)Nc2cc(Cl)ccc2C)cc1OC. The molecule has 0 aliphatic carbocycles. The average Bonchev–Trinajstić information content (AvgIpc) is 2.67. The summed E-state index contributed by atoms with van der Waals surface area (Å²) >= 11 is 5.96. The number of methoxy groups -OCH3 is 1. The Bertz CT molecular complexity index is 968. The van der Waals surface area contributed by atoms with E-state index < -0.39 is 5.91 Å². The Kier molecular flexibility index (Phi) is 6.88. The van der Waals surface area contributed by atoms with Crippen molar-refractivity contribution in [2.75, 3.05) is 19.0 Å². The van der Waals surface area contributed by atoms with Gasteiger partial charge in [-0.3, -0.25) is 4.79 Å². The van der Waals surface area contributed by atoms with E-state index in [0.717, 1.165) is 5.56 Å². The number of hydrogen-bond donors (Lipinski definition) is 1. The Hall–Kier alpha value is -3.41. The summed E-state index contributed by atoms with van der Waals surface area (Å²) in [6.07, 6.45) is 6.65. The van der Waals surface area contributed by atoms with Crippen molar-refractivity contribution in [1.29, 1.82) is 5.26 Å². The van der Waals surface area contributed by atoms with E-state index in [0.29, 0.717) is 27.8 Å². The highest BCUT2D eigenvalue weighted by Crippen LogP contribution is 2.29. The number of halogens is 1. The summed E-state index contributed by atoms with van der Waals surface area (Å²) in [5.41, 5.74) is 1.93. The number of amides is 1. The standard InChI is InChI=1S/C21H17ClN2O3/c1-4-9-27-19-8-6-15(11-20(19)26-3)10-16(13-23)21(25)24-18-12-17(22)7-5-14(18)2/h1,5-8,10-12H,9H2,2-3H3,(H,24,25)/b16-10+. The molecule has 0 aliphatic heterocycles. The second kappa shape index (κ2) is 9.33. The molecule has 0 aromatic heterocycles. The normalized spacial score (nSPS) is 10.5. The lowest BCUT2D eigenvalue weighted by molar-refractivity contribution is -0.112. The Labute approximate surface area is 163 Å². The van der Waals surface area contributed by atoms with Crippen molar-refractivity contribution in [2.45, 2.75) is 6.92 Å². The second-order valence-corrected chi connectivity index (χ2v) is 5.92. The molecule has 0 saturated heterocycles. The highest BCUT2D eigenvalue weighted by molar-refractivity contribution is 6.31. The molecule has 0 saturated carbocycles. The number of anilines is 1. The van der Waals surface area contributed by atoms with E-state index in [-0.39, 0.29) is 12.2 Å². The van der Waals surface area contributed by atoms with Crippen LogP contribution in [0.1, 0.15) is 11.1 Å².